The van der Waals surface area contributed by atoms with E-state index in [1.165, 1.54) is 12.1 Å². The third kappa shape index (κ3) is 3.32. The Bertz CT molecular complexity index is 1010. The predicted octanol–water partition coefficient (Wildman–Crippen LogP) is 3.93. The van der Waals surface area contributed by atoms with E-state index in [2.05, 4.69) is 20.4 Å². The first-order chi connectivity index (χ1) is 12.9. The lowest BCUT2D eigenvalue weighted by Crippen LogP contribution is -2.20. The summed E-state index contributed by atoms with van der Waals surface area (Å²) in [5.41, 5.74) is 3.72. The molecule has 1 aliphatic carbocycles. The number of nitrogens with one attached hydrogen (secondary N) is 1. The Balaban J connectivity index is 1.85. The van der Waals surface area contributed by atoms with Crippen molar-refractivity contribution >= 4 is 17.3 Å². The molecule has 0 aliphatic heterocycles. The molecule has 0 spiro atoms. The van der Waals surface area contributed by atoms with Crippen molar-refractivity contribution in [2.45, 2.75) is 33.6 Å². The second kappa shape index (κ2) is 6.57. The van der Waals surface area contributed by atoms with Crippen LogP contribution in [0, 0.1) is 25.6 Å². The Hall–Kier alpha value is -3.09. The molecule has 3 aromatic rings. The van der Waals surface area contributed by atoms with Gasteiger partial charge in [0, 0.05) is 23.5 Å². The average molecular weight is 365 g/mol. The van der Waals surface area contributed by atoms with Crippen LogP contribution in [-0.2, 0) is 6.42 Å². The lowest BCUT2D eigenvalue weighted by molar-refractivity contribution is 0.0953. The minimum atomic E-state index is -0.318. The minimum Gasteiger partial charge on any atom is -0.338 e. The zero-order valence-corrected chi connectivity index (χ0v) is 15.5. The van der Waals surface area contributed by atoms with Gasteiger partial charge in [-0.3, -0.25) is 4.79 Å². The van der Waals surface area contributed by atoms with Gasteiger partial charge in [-0.15, -0.1) is 5.10 Å². The van der Waals surface area contributed by atoms with Crippen molar-refractivity contribution in [3.05, 3.63) is 58.8 Å². The number of benzene rings is 1. The van der Waals surface area contributed by atoms with Gasteiger partial charge >= 0.3 is 0 Å². The first kappa shape index (κ1) is 17.3. The zero-order chi connectivity index (χ0) is 19.1. The van der Waals surface area contributed by atoms with Gasteiger partial charge in [0.1, 0.15) is 5.82 Å². The maximum absolute atomic E-state index is 13.2. The van der Waals surface area contributed by atoms with Crippen molar-refractivity contribution in [3.63, 3.8) is 0 Å². The molecule has 6 nitrogen and oxygen atoms in total. The maximum Gasteiger partial charge on any atom is 0.251 e. The number of hydrogen-bond acceptors (Lipinski definition) is 5. The van der Waals surface area contributed by atoms with Crippen LogP contribution < -0.4 is 5.32 Å². The summed E-state index contributed by atoms with van der Waals surface area (Å²) in [5, 5.41) is 7.76. The van der Waals surface area contributed by atoms with E-state index in [9.17, 15) is 9.18 Å². The fourth-order valence-electron chi connectivity index (χ4n) is 3.48. The molecular weight excluding hydrogens is 345 g/mol. The van der Waals surface area contributed by atoms with Gasteiger partial charge in [0.15, 0.2) is 11.6 Å². The standard InChI is InChI=1S/C20H20FN5O/c1-11-8-16-18(17(27)9-11)19(24-15-6-4-14(21)5-7-15)25-26(16)20-22-12(2)10-13(3)23-20/h4-7,10-11H,8-9H2,1-3H3,(H,24,25). The van der Waals surface area contributed by atoms with E-state index in [-0.39, 0.29) is 17.5 Å². The van der Waals surface area contributed by atoms with E-state index in [1.807, 2.05) is 26.8 Å². The van der Waals surface area contributed by atoms with Gasteiger partial charge < -0.3 is 5.32 Å². The highest BCUT2D eigenvalue weighted by molar-refractivity contribution is 6.03. The topological polar surface area (TPSA) is 72.7 Å². The molecule has 2 aromatic heterocycles. The SMILES string of the molecule is Cc1cc(C)nc(-n2nc(Nc3ccc(F)cc3)c3c2CC(C)CC3=O)n1. The first-order valence-corrected chi connectivity index (χ1v) is 8.91. The van der Waals surface area contributed by atoms with Crippen LogP contribution >= 0.6 is 0 Å². The van der Waals surface area contributed by atoms with Crippen LogP contribution in [0.1, 0.15) is 40.8 Å². The van der Waals surface area contributed by atoms with Crippen LogP contribution in [0.5, 0.6) is 0 Å². The van der Waals surface area contributed by atoms with E-state index in [0.717, 1.165) is 23.5 Å². The third-order valence-corrected chi connectivity index (χ3v) is 4.60. The molecule has 7 heteroatoms. The summed E-state index contributed by atoms with van der Waals surface area (Å²) in [6, 6.07) is 7.85. The number of ketones is 1. The number of carbonyl (C=O) groups is 1. The number of hydrogen-bond donors (Lipinski definition) is 1. The quantitative estimate of drug-likeness (QED) is 0.761. The van der Waals surface area contributed by atoms with Gasteiger partial charge in [-0.25, -0.2) is 19.0 Å². The van der Waals surface area contributed by atoms with Crippen LogP contribution in [0.3, 0.4) is 0 Å². The van der Waals surface area contributed by atoms with Crippen LogP contribution in [-0.4, -0.2) is 25.5 Å². The van der Waals surface area contributed by atoms with E-state index < -0.39 is 0 Å². The number of Topliss-reactive ketones (excluding diaryl/α,β-unsaturated/α-hetero) is 1. The third-order valence-electron chi connectivity index (χ3n) is 4.60. The molecule has 2 heterocycles. The van der Waals surface area contributed by atoms with E-state index in [1.54, 1.807) is 16.8 Å². The van der Waals surface area contributed by atoms with Crippen LogP contribution in [0.15, 0.2) is 30.3 Å². The molecule has 0 saturated carbocycles. The summed E-state index contributed by atoms with van der Waals surface area (Å²) in [7, 11) is 0. The number of aryl methyl sites for hydroxylation is 2. The molecule has 0 amide bonds. The Morgan fingerprint density at radius 1 is 1.11 bits per heavy atom. The molecule has 0 saturated heterocycles. The van der Waals surface area contributed by atoms with Crippen molar-refractivity contribution < 1.29 is 9.18 Å². The molecule has 0 bridgehead atoms. The summed E-state index contributed by atoms with van der Waals surface area (Å²) >= 11 is 0. The van der Waals surface area contributed by atoms with Crippen molar-refractivity contribution in [1.29, 1.82) is 0 Å². The summed E-state index contributed by atoms with van der Waals surface area (Å²) in [5.74, 6) is 0.865. The van der Waals surface area contributed by atoms with Crippen molar-refractivity contribution in [2.24, 2.45) is 5.92 Å². The second-order valence-electron chi connectivity index (χ2n) is 7.10. The Labute approximate surface area is 156 Å². The lowest BCUT2D eigenvalue weighted by atomic mass is 9.88. The number of fused-ring (bicyclic) bond motifs is 1. The maximum atomic E-state index is 13.2. The van der Waals surface area contributed by atoms with Gasteiger partial charge in [-0.1, -0.05) is 6.92 Å². The zero-order valence-electron chi connectivity index (χ0n) is 15.5. The summed E-state index contributed by atoms with van der Waals surface area (Å²) in [6.07, 6.45) is 1.19. The number of carbonyl (C=O) groups excluding carboxylic acids is 1. The molecule has 138 valence electrons. The van der Waals surface area contributed by atoms with E-state index in [4.69, 9.17) is 0 Å². The van der Waals surface area contributed by atoms with Gasteiger partial charge in [-0.05, 0) is 56.5 Å². The number of anilines is 2. The van der Waals surface area contributed by atoms with Crippen LogP contribution in [0.25, 0.3) is 5.95 Å². The predicted molar refractivity (Wildman–Crippen MR) is 100 cm³/mol. The number of halogens is 1. The number of nitrogens with zero attached hydrogens (tertiary/aromatic N) is 4. The molecule has 1 aliphatic rings. The average Bonchev–Trinajstić information content (AvgIpc) is 2.94. The summed E-state index contributed by atoms with van der Waals surface area (Å²) in [4.78, 5) is 21.7. The molecule has 27 heavy (non-hydrogen) atoms. The monoisotopic (exact) mass is 365 g/mol. The number of rotatable bonds is 3. The molecule has 4 rings (SSSR count). The highest BCUT2D eigenvalue weighted by Gasteiger charge is 2.31. The largest absolute Gasteiger partial charge is 0.338 e. The lowest BCUT2D eigenvalue weighted by Gasteiger charge is -2.18. The highest BCUT2D eigenvalue weighted by Crippen LogP contribution is 2.33. The molecule has 1 atom stereocenters. The smallest absolute Gasteiger partial charge is 0.251 e. The number of aromatic nitrogens is 4. The van der Waals surface area contributed by atoms with Gasteiger partial charge in [-0.2, -0.15) is 0 Å². The Morgan fingerprint density at radius 2 is 1.78 bits per heavy atom. The summed E-state index contributed by atoms with van der Waals surface area (Å²) < 4.78 is 14.8. The van der Waals surface area contributed by atoms with Crippen LogP contribution in [0.2, 0.25) is 0 Å². The van der Waals surface area contributed by atoms with Gasteiger partial charge in [0.25, 0.3) is 5.95 Å². The molecule has 1 aromatic carbocycles. The van der Waals surface area contributed by atoms with Crippen molar-refractivity contribution in [1.82, 2.24) is 19.7 Å². The Kier molecular flexibility index (Phi) is 4.22. The second-order valence-corrected chi connectivity index (χ2v) is 7.10. The van der Waals surface area contributed by atoms with E-state index >= 15 is 0 Å². The highest BCUT2D eigenvalue weighted by atomic mass is 19.1. The first-order valence-electron chi connectivity index (χ1n) is 8.91. The fourth-order valence-corrected chi connectivity index (χ4v) is 3.48. The van der Waals surface area contributed by atoms with Gasteiger partial charge in [0.05, 0.1) is 11.3 Å². The van der Waals surface area contributed by atoms with Gasteiger partial charge in [0.2, 0.25) is 0 Å². The van der Waals surface area contributed by atoms with Crippen molar-refractivity contribution in [2.75, 3.05) is 5.32 Å². The normalized spacial score (nSPS) is 16.3. The van der Waals surface area contributed by atoms with E-state index in [0.29, 0.717) is 29.4 Å². The minimum absolute atomic E-state index is 0.0454. The summed E-state index contributed by atoms with van der Waals surface area (Å²) in [6.45, 7) is 5.85. The Morgan fingerprint density at radius 3 is 2.44 bits per heavy atom. The van der Waals surface area contributed by atoms with Crippen LogP contribution in [0.4, 0.5) is 15.9 Å². The molecule has 1 N–H and O–H groups in total. The molecule has 0 fully saturated rings. The molecule has 0 radical (unpaired) electrons. The molecule has 1 unspecified atom stereocenters. The van der Waals surface area contributed by atoms with Crippen molar-refractivity contribution in [3.8, 4) is 5.95 Å². The molecular formula is C20H20FN5O. The fraction of sp³-hybridized carbons (Fsp3) is 0.300.